The molecule has 0 spiro atoms. The third-order valence-corrected chi connectivity index (χ3v) is 6.86. The number of hydrogen-bond acceptors (Lipinski definition) is 10. The summed E-state index contributed by atoms with van der Waals surface area (Å²) in [6.07, 6.45) is 0.626. The van der Waals surface area contributed by atoms with Crippen molar-refractivity contribution in [2.75, 3.05) is 19.2 Å². The Kier molecular flexibility index (Phi) is 11.2. The minimum atomic E-state index is -4.08. The fourth-order valence-electron chi connectivity index (χ4n) is 2.75. The minimum absolute atomic E-state index is 0.0238. The Labute approximate surface area is 194 Å². The summed E-state index contributed by atoms with van der Waals surface area (Å²) < 4.78 is 33.4. The lowest BCUT2D eigenvalue weighted by atomic mass is 9.84. The van der Waals surface area contributed by atoms with Crippen LogP contribution in [0.2, 0.25) is 0 Å². The normalized spacial score (nSPS) is 22.9. The second kappa shape index (κ2) is 12.4. The van der Waals surface area contributed by atoms with Gasteiger partial charge in [-0.15, -0.1) is 0 Å². The molecule has 0 bridgehead atoms. The van der Waals surface area contributed by atoms with Crippen LogP contribution in [0.4, 0.5) is 0 Å². The molecule has 1 aliphatic rings. The number of ether oxygens (including phenoxy) is 1. The van der Waals surface area contributed by atoms with Gasteiger partial charge in [-0.25, -0.2) is 9.09 Å². The van der Waals surface area contributed by atoms with E-state index in [0.717, 1.165) is 0 Å². The SMILES string of the molecule is CC(=O)SCCCC(=O)CCCC(=O)[C@@H]1O[P@](=O)(OCOC(=O)C(C)(C)C)OCC1(C)C. The molecule has 184 valence electrons. The maximum atomic E-state index is 12.8. The number of esters is 1. The van der Waals surface area contributed by atoms with E-state index in [1.807, 2.05) is 0 Å². The molecule has 11 heteroatoms. The number of carbonyl (C=O) groups excluding carboxylic acids is 4. The molecule has 0 amide bonds. The average Bonchev–Trinajstić information content (AvgIpc) is 2.66. The van der Waals surface area contributed by atoms with Gasteiger partial charge in [-0.1, -0.05) is 25.6 Å². The molecule has 0 aromatic heterocycles. The second-order valence-electron chi connectivity index (χ2n) is 9.43. The van der Waals surface area contributed by atoms with Gasteiger partial charge in [0.05, 0.1) is 12.0 Å². The standard InChI is InChI=1S/C21H35O9PS/c1-15(22)32-12-8-10-16(23)9-7-11-17(24)18-21(5,6)13-28-31(26,30-18)29-14-27-19(25)20(2,3)4/h18H,7-14H2,1-6H3/t18-,31-/m0/s1. The lowest BCUT2D eigenvalue weighted by molar-refractivity contribution is -0.163. The van der Waals surface area contributed by atoms with E-state index < -0.39 is 37.5 Å². The van der Waals surface area contributed by atoms with Crippen LogP contribution in [0.25, 0.3) is 0 Å². The lowest BCUT2D eigenvalue weighted by Crippen LogP contribution is -2.45. The summed E-state index contributed by atoms with van der Waals surface area (Å²) in [6.45, 7) is 9.31. The Bertz CT molecular complexity index is 742. The molecule has 1 rings (SSSR count). The van der Waals surface area contributed by atoms with E-state index in [-0.39, 0.29) is 36.1 Å². The van der Waals surface area contributed by atoms with E-state index in [9.17, 15) is 23.7 Å². The van der Waals surface area contributed by atoms with Crippen LogP contribution < -0.4 is 0 Å². The highest BCUT2D eigenvalue weighted by Crippen LogP contribution is 2.57. The average molecular weight is 495 g/mol. The van der Waals surface area contributed by atoms with Gasteiger partial charge in [-0.2, -0.15) is 0 Å². The number of thioether (sulfide) groups is 1. The van der Waals surface area contributed by atoms with Gasteiger partial charge in [0.15, 0.2) is 10.9 Å². The van der Waals surface area contributed by atoms with Gasteiger partial charge in [-0.05, 0) is 33.6 Å². The molecular weight excluding hydrogens is 459 g/mol. The van der Waals surface area contributed by atoms with Gasteiger partial charge >= 0.3 is 13.8 Å². The van der Waals surface area contributed by atoms with Gasteiger partial charge in [0.25, 0.3) is 0 Å². The van der Waals surface area contributed by atoms with E-state index in [4.69, 9.17) is 18.3 Å². The van der Waals surface area contributed by atoms with Crippen LogP contribution in [0.15, 0.2) is 0 Å². The van der Waals surface area contributed by atoms with Crippen LogP contribution in [-0.2, 0) is 42.1 Å². The van der Waals surface area contributed by atoms with Crippen molar-refractivity contribution in [2.24, 2.45) is 10.8 Å². The van der Waals surface area contributed by atoms with Gasteiger partial charge < -0.3 is 4.74 Å². The highest BCUT2D eigenvalue weighted by atomic mass is 32.2. The Hall–Kier alpha value is -1.06. The predicted molar refractivity (Wildman–Crippen MR) is 120 cm³/mol. The fraction of sp³-hybridized carbons (Fsp3) is 0.810. The molecule has 1 aliphatic heterocycles. The molecule has 1 heterocycles. The number of rotatable bonds is 12. The zero-order valence-electron chi connectivity index (χ0n) is 19.8. The zero-order chi connectivity index (χ0) is 24.6. The molecule has 0 saturated carbocycles. The second-order valence-corrected chi connectivity index (χ2v) is 12.3. The molecular formula is C21H35O9PS. The third-order valence-electron chi connectivity index (χ3n) is 4.63. The van der Waals surface area contributed by atoms with Crippen molar-refractivity contribution in [1.82, 2.24) is 0 Å². The van der Waals surface area contributed by atoms with Crippen LogP contribution >= 0.6 is 19.6 Å². The van der Waals surface area contributed by atoms with E-state index in [2.05, 4.69) is 0 Å². The van der Waals surface area contributed by atoms with E-state index in [1.165, 1.54) is 18.7 Å². The summed E-state index contributed by atoms with van der Waals surface area (Å²) in [4.78, 5) is 47.4. The number of ketones is 2. The highest BCUT2D eigenvalue weighted by molar-refractivity contribution is 8.13. The van der Waals surface area contributed by atoms with Gasteiger partial charge in [0, 0.05) is 37.4 Å². The zero-order valence-corrected chi connectivity index (χ0v) is 21.5. The van der Waals surface area contributed by atoms with E-state index in [1.54, 1.807) is 34.6 Å². The van der Waals surface area contributed by atoms with Crippen molar-refractivity contribution in [1.29, 1.82) is 0 Å². The number of carbonyl (C=O) groups is 4. The van der Waals surface area contributed by atoms with Gasteiger partial charge in [0.1, 0.15) is 11.9 Å². The van der Waals surface area contributed by atoms with Crippen molar-refractivity contribution >= 4 is 42.2 Å². The monoisotopic (exact) mass is 494 g/mol. The van der Waals surface area contributed by atoms with Crippen molar-refractivity contribution in [3.63, 3.8) is 0 Å². The lowest BCUT2D eigenvalue weighted by Gasteiger charge is -2.39. The number of hydrogen-bond donors (Lipinski definition) is 0. The first-order valence-electron chi connectivity index (χ1n) is 10.6. The Morgan fingerprint density at radius 1 is 1.09 bits per heavy atom. The van der Waals surface area contributed by atoms with Crippen molar-refractivity contribution < 1.29 is 42.1 Å². The molecule has 1 fully saturated rings. The Balaban J connectivity index is 2.51. The number of phosphoric acid groups is 1. The molecule has 0 unspecified atom stereocenters. The molecule has 0 radical (unpaired) electrons. The van der Waals surface area contributed by atoms with Crippen LogP contribution in [0.1, 0.15) is 73.6 Å². The smallest absolute Gasteiger partial charge is 0.437 e. The van der Waals surface area contributed by atoms with Crippen LogP contribution in [0.3, 0.4) is 0 Å². The van der Waals surface area contributed by atoms with E-state index in [0.29, 0.717) is 25.0 Å². The minimum Gasteiger partial charge on any atom is -0.437 e. The quantitative estimate of drug-likeness (QED) is 0.166. The number of Topliss-reactive ketones (excluding diaryl/α,β-unsaturated/α-hetero) is 2. The summed E-state index contributed by atoms with van der Waals surface area (Å²) in [7, 11) is -4.08. The Morgan fingerprint density at radius 3 is 2.31 bits per heavy atom. The molecule has 2 atom stereocenters. The fourth-order valence-corrected chi connectivity index (χ4v) is 4.85. The molecule has 0 aliphatic carbocycles. The predicted octanol–water partition coefficient (Wildman–Crippen LogP) is 4.47. The van der Waals surface area contributed by atoms with Crippen molar-refractivity contribution in [3.8, 4) is 0 Å². The van der Waals surface area contributed by atoms with Crippen LogP contribution in [0, 0.1) is 10.8 Å². The molecule has 1 saturated heterocycles. The largest absolute Gasteiger partial charge is 0.478 e. The summed E-state index contributed by atoms with van der Waals surface area (Å²) >= 11 is 1.19. The first kappa shape index (κ1) is 29.0. The Morgan fingerprint density at radius 2 is 1.72 bits per heavy atom. The molecule has 9 nitrogen and oxygen atoms in total. The third kappa shape index (κ3) is 10.3. The summed E-state index contributed by atoms with van der Waals surface area (Å²) in [5.74, 6) is -0.207. The van der Waals surface area contributed by atoms with E-state index >= 15 is 0 Å². The van der Waals surface area contributed by atoms with Crippen LogP contribution in [-0.4, -0.2) is 47.9 Å². The first-order valence-corrected chi connectivity index (χ1v) is 13.0. The highest BCUT2D eigenvalue weighted by Gasteiger charge is 2.48. The molecule has 0 aromatic rings. The molecule has 0 aromatic carbocycles. The van der Waals surface area contributed by atoms with Crippen LogP contribution in [0.5, 0.6) is 0 Å². The summed E-state index contributed by atoms with van der Waals surface area (Å²) in [5.41, 5.74) is -1.50. The maximum absolute atomic E-state index is 12.8. The molecule has 0 N–H and O–H groups in total. The maximum Gasteiger partial charge on any atom is 0.478 e. The first-order chi connectivity index (χ1) is 14.7. The summed E-state index contributed by atoms with van der Waals surface area (Å²) in [5, 5.41) is 0.0238. The summed E-state index contributed by atoms with van der Waals surface area (Å²) in [6, 6.07) is 0. The van der Waals surface area contributed by atoms with Gasteiger partial charge in [0.2, 0.25) is 6.79 Å². The van der Waals surface area contributed by atoms with Crippen molar-refractivity contribution in [3.05, 3.63) is 0 Å². The van der Waals surface area contributed by atoms with Crippen molar-refractivity contribution in [2.45, 2.75) is 79.8 Å². The topological polar surface area (TPSA) is 122 Å². The van der Waals surface area contributed by atoms with Gasteiger partial charge in [-0.3, -0.25) is 28.2 Å². The number of phosphoric ester groups is 1. The molecule has 32 heavy (non-hydrogen) atoms.